The first-order valence-electron chi connectivity index (χ1n) is 5.74. The Labute approximate surface area is 119 Å². The van der Waals surface area contributed by atoms with Gasteiger partial charge in [0.25, 0.3) is 10.0 Å². The van der Waals surface area contributed by atoms with E-state index in [4.69, 9.17) is 5.73 Å². The second-order valence-electron chi connectivity index (χ2n) is 4.39. The van der Waals surface area contributed by atoms with Gasteiger partial charge in [0, 0.05) is 6.07 Å². The van der Waals surface area contributed by atoms with Crippen LogP contribution in [0.25, 0.3) is 0 Å². The van der Waals surface area contributed by atoms with E-state index in [1.165, 1.54) is 12.1 Å². The summed E-state index contributed by atoms with van der Waals surface area (Å²) in [6.45, 7) is 1.63. The summed E-state index contributed by atoms with van der Waals surface area (Å²) in [5, 5.41) is 0. The van der Waals surface area contributed by atoms with Gasteiger partial charge >= 0.3 is 0 Å². The highest BCUT2D eigenvalue weighted by Gasteiger charge is 2.22. The fraction of sp³-hybridized carbons (Fsp3) is 0.0769. The molecule has 3 N–H and O–H groups in total. The van der Waals surface area contributed by atoms with E-state index in [0.717, 1.165) is 6.07 Å². The number of nitrogens with two attached hydrogens (primary N) is 1. The summed E-state index contributed by atoms with van der Waals surface area (Å²) in [7, 11) is -4.43. The summed E-state index contributed by atoms with van der Waals surface area (Å²) < 4.78 is 66.2. The van der Waals surface area contributed by atoms with Crippen molar-refractivity contribution in [1.82, 2.24) is 0 Å². The smallest absolute Gasteiger partial charge is 0.264 e. The Balaban J connectivity index is 2.48. The quantitative estimate of drug-likeness (QED) is 0.855. The lowest BCUT2D eigenvalue weighted by Gasteiger charge is -2.11. The Bertz CT molecular complexity index is 807. The third-order valence-electron chi connectivity index (χ3n) is 2.71. The van der Waals surface area contributed by atoms with Crippen LogP contribution in [0, 0.1) is 24.4 Å². The molecular weight excluding hydrogens is 305 g/mol. The maximum atomic E-state index is 13.6. The van der Waals surface area contributed by atoms with E-state index >= 15 is 0 Å². The molecule has 2 aromatic rings. The zero-order chi connectivity index (χ0) is 15.8. The van der Waals surface area contributed by atoms with Gasteiger partial charge in [-0.05, 0) is 30.7 Å². The lowest BCUT2D eigenvalue weighted by molar-refractivity contribution is 0.552. The van der Waals surface area contributed by atoms with Crippen LogP contribution in [0.15, 0.2) is 35.2 Å². The normalized spacial score (nSPS) is 11.4. The zero-order valence-corrected chi connectivity index (χ0v) is 11.6. The van der Waals surface area contributed by atoms with Crippen LogP contribution in [-0.2, 0) is 10.0 Å². The van der Waals surface area contributed by atoms with Crippen LogP contribution in [0.4, 0.5) is 24.5 Å². The van der Waals surface area contributed by atoms with Crippen LogP contribution in [0.5, 0.6) is 0 Å². The van der Waals surface area contributed by atoms with Crippen LogP contribution < -0.4 is 10.5 Å². The second kappa shape index (κ2) is 5.28. The number of anilines is 2. The topological polar surface area (TPSA) is 72.2 Å². The highest BCUT2D eigenvalue weighted by Crippen LogP contribution is 2.25. The Morgan fingerprint density at radius 3 is 2.33 bits per heavy atom. The van der Waals surface area contributed by atoms with Crippen molar-refractivity contribution in [2.75, 3.05) is 10.5 Å². The minimum Gasteiger partial charge on any atom is -0.396 e. The first-order chi connectivity index (χ1) is 9.70. The van der Waals surface area contributed by atoms with Gasteiger partial charge in [0.1, 0.15) is 22.3 Å². The lowest BCUT2D eigenvalue weighted by Crippen LogP contribution is -2.16. The molecule has 0 unspecified atom stereocenters. The highest BCUT2D eigenvalue weighted by molar-refractivity contribution is 7.92. The SMILES string of the molecule is Cc1ccc(F)c(NS(=O)(=O)c2cc(N)c(F)cc2F)c1. The van der Waals surface area contributed by atoms with Gasteiger partial charge in [0.15, 0.2) is 0 Å². The highest BCUT2D eigenvalue weighted by atomic mass is 32.2. The standard InChI is InChI=1S/C13H11F3N2O2S/c1-7-2-3-8(14)12(4-7)18-21(19,20)13-6-11(17)9(15)5-10(13)16/h2-6,18H,17H2,1H3. The average molecular weight is 316 g/mol. The third kappa shape index (κ3) is 3.10. The average Bonchev–Trinajstić information content (AvgIpc) is 2.37. The lowest BCUT2D eigenvalue weighted by atomic mass is 10.2. The van der Waals surface area contributed by atoms with Crippen molar-refractivity contribution in [2.45, 2.75) is 11.8 Å². The molecule has 2 rings (SSSR count). The number of hydrogen-bond donors (Lipinski definition) is 2. The van der Waals surface area contributed by atoms with Gasteiger partial charge in [-0.25, -0.2) is 21.6 Å². The largest absolute Gasteiger partial charge is 0.396 e. The molecule has 0 radical (unpaired) electrons. The summed E-state index contributed by atoms with van der Waals surface area (Å²) in [5.74, 6) is -3.21. The van der Waals surface area contributed by atoms with E-state index in [1.54, 1.807) is 6.92 Å². The Kier molecular flexibility index (Phi) is 3.82. The fourth-order valence-corrected chi connectivity index (χ4v) is 2.82. The molecule has 0 saturated heterocycles. The van der Waals surface area contributed by atoms with Crippen molar-refractivity contribution in [3.8, 4) is 0 Å². The monoisotopic (exact) mass is 316 g/mol. The van der Waals surface area contributed by atoms with Gasteiger partial charge in [0.05, 0.1) is 11.4 Å². The van der Waals surface area contributed by atoms with Gasteiger partial charge in [-0.15, -0.1) is 0 Å². The molecule has 0 heterocycles. The Hall–Kier alpha value is -2.22. The number of halogens is 3. The molecule has 0 saturated carbocycles. The van der Waals surface area contributed by atoms with Crippen molar-refractivity contribution in [2.24, 2.45) is 0 Å². The molecule has 0 spiro atoms. The number of nitrogen functional groups attached to an aromatic ring is 1. The molecule has 0 amide bonds. The van der Waals surface area contributed by atoms with Crippen LogP contribution in [0.3, 0.4) is 0 Å². The molecular formula is C13H11F3N2O2S. The minimum atomic E-state index is -4.43. The molecule has 0 atom stereocenters. The summed E-state index contributed by atoms with van der Waals surface area (Å²) in [5.41, 5.74) is 4.97. The predicted molar refractivity (Wildman–Crippen MR) is 72.7 cm³/mol. The van der Waals surface area contributed by atoms with E-state index in [9.17, 15) is 21.6 Å². The molecule has 2 aromatic carbocycles. The summed E-state index contributed by atoms with van der Waals surface area (Å²) in [6.07, 6.45) is 0. The van der Waals surface area contributed by atoms with Gasteiger partial charge in [0.2, 0.25) is 0 Å². The second-order valence-corrected chi connectivity index (χ2v) is 6.04. The molecule has 0 aliphatic rings. The van der Waals surface area contributed by atoms with E-state index in [-0.39, 0.29) is 5.69 Å². The molecule has 21 heavy (non-hydrogen) atoms. The van der Waals surface area contributed by atoms with Crippen molar-refractivity contribution >= 4 is 21.4 Å². The number of rotatable bonds is 3. The summed E-state index contributed by atoms with van der Waals surface area (Å²) in [6, 6.07) is 4.76. The summed E-state index contributed by atoms with van der Waals surface area (Å²) in [4.78, 5) is -0.859. The van der Waals surface area contributed by atoms with Crippen LogP contribution in [0.2, 0.25) is 0 Å². The Morgan fingerprint density at radius 2 is 1.67 bits per heavy atom. The number of benzene rings is 2. The van der Waals surface area contributed by atoms with Crippen LogP contribution in [-0.4, -0.2) is 8.42 Å². The van der Waals surface area contributed by atoms with Gasteiger partial charge < -0.3 is 5.73 Å². The van der Waals surface area contributed by atoms with Gasteiger partial charge in [-0.3, -0.25) is 4.72 Å². The number of nitrogens with one attached hydrogen (secondary N) is 1. The third-order valence-corrected chi connectivity index (χ3v) is 4.09. The van der Waals surface area contributed by atoms with Crippen LogP contribution >= 0.6 is 0 Å². The summed E-state index contributed by atoms with van der Waals surface area (Å²) >= 11 is 0. The fourth-order valence-electron chi connectivity index (χ4n) is 1.67. The van der Waals surface area contributed by atoms with Gasteiger partial charge in [-0.1, -0.05) is 6.07 Å². The van der Waals surface area contributed by atoms with E-state index in [2.05, 4.69) is 0 Å². The molecule has 8 heteroatoms. The first kappa shape index (κ1) is 15.2. The van der Waals surface area contributed by atoms with E-state index in [1.807, 2.05) is 4.72 Å². The molecule has 0 bridgehead atoms. The maximum absolute atomic E-state index is 13.6. The van der Waals surface area contributed by atoms with E-state index in [0.29, 0.717) is 17.7 Å². The van der Waals surface area contributed by atoms with E-state index < -0.39 is 38.1 Å². The molecule has 0 aliphatic heterocycles. The molecule has 0 fully saturated rings. The van der Waals surface area contributed by atoms with Gasteiger partial charge in [-0.2, -0.15) is 0 Å². The minimum absolute atomic E-state index is 0.336. The number of aryl methyl sites for hydroxylation is 1. The molecule has 4 nitrogen and oxygen atoms in total. The molecule has 0 aliphatic carbocycles. The Morgan fingerprint density at radius 1 is 1.00 bits per heavy atom. The number of hydrogen-bond acceptors (Lipinski definition) is 3. The number of sulfonamides is 1. The van der Waals surface area contributed by atoms with Crippen molar-refractivity contribution in [3.63, 3.8) is 0 Å². The van der Waals surface area contributed by atoms with Crippen molar-refractivity contribution in [1.29, 1.82) is 0 Å². The predicted octanol–water partition coefficient (Wildman–Crippen LogP) is 2.80. The maximum Gasteiger partial charge on any atom is 0.264 e. The molecule has 112 valence electrons. The first-order valence-corrected chi connectivity index (χ1v) is 7.22. The van der Waals surface area contributed by atoms with Crippen molar-refractivity contribution < 1.29 is 21.6 Å². The van der Waals surface area contributed by atoms with Crippen molar-refractivity contribution in [3.05, 3.63) is 53.3 Å². The zero-order valence-electron chi connectivity index (χ0n) is 10.8. The van der Waals surface area contributed by atoms with Crippen LogP contribution in [0.1, 0.15) is 5.56 Å². The molecule has 0 aromatic heterocycles.